The molecule has 0 aliphatic carbocycles. The van der Waals surface area contributed by atoms with Crippen LogP contribution in [0.3, 0.4) is 0 Å². The Kier molecular flexibility index (Phi) is 5.54. The zero-order valence-electron chi connectivity index (χ0n) is 15.1. The molecule has 0 radical (unpaired) electrons. The smallest absolute Gasteiger partial charge is 0.305 e. The number of carboxylic acids is 1. The Morgan fingerprint density at radius 3 is 1.93 bits per heavy atom. The number of nitrogens with zero attached hydrogens (tertiary/aromatic N) is 2. The van der Waals surface area contributed by atoms with Gasteiger partial charge in [-0.2, -0.15) is 0 Å². The fourth-order valence-corrected chi connectivity index (χ4v) is 3.57. The maximum Gasteiger partial charge on any atom is 0.305 e. The van der Waals surface area contributed by atoms with Crippen LogP contribution >= 0.6 is 0 Å². The quantitative estimate of drug-likeness (QED) is 0.902. The third-order valence-corrected chi connectivity index (χ3v) is 4.76. The van der Waals surface area contributed by atoms with Crippen LogP contribution in [0.4, 0.5) is 0 Å². The van der Waals surface area contributed by atoms with Crippen LogP contribution < -0.4 is 0 Å². The van der Waals surface area contributed by atoms with Crippen molar-refractivity contribution in [2.45, 2.75) is 25.4 Å². The number of amides is 2. The van der Waals surface area contributed by atoms with Gasteiger partial charge in [0.05, 0.1) is 12.5 Å². The Hall–Kier alpha value is -3.15. The van der Waals surface area contributed by atoms with Crippen molar-refractivity contribution in [3.8, 4) is 0 Å². The van der Waals surface area contributed by atoms with Gasteiger partial charge < -0.3 is 14.9 Å². The summed E-state index contributed by atoms with van der Waals surface area (Å²) in [5.41, 5.74) is 1.07. The lowest BCUT2D eigenvalue weighted by Crippen LogP contribution is -2.61. The van der Waals surface area contributed by atoms with Crippen LogP contribution in [0.5, 0.6) is 0 Å². The Morgan fingerprint density at radius 2 is 1.41 bits per heavy atom. The number of aliphatic carboxylic acids is 1. The number of carbonyl (C=O) groups is 3. The molecule has 6 nitrogen and oxygen atoms in total. The van der Waals surface area contributed by atoms with Crippen molar-refractivity contribution in [1.82, 2.24) is 9.80 Å². The molecule has 1 N–H and O–H groups in total. The van der Waals surface area contributed by atoms with E-state index in [0.29, 0.717) is 17.7 Å². The van der Waals surface area contributed by atoms with E-state index in [1.165, 1.54) is 0 Å². The zero-order chi connectivity index (χ0) is 19.4. The molecule has 1 saturated heterocycles. The van der Waals surface area contributed by atoms with Crippen molar-refractivity contribution in [1.29, 1.82) is 0 Å². The van der Waals surface area contributed by atoms with Crippen LogP contribution in [0, 0.1) is 0 Å². The maximum absolute atomic E-state index is 13.0. The first-order chi connectivity index (χ1) is 13.0. The van der Waals surface area contributed by atoms with Crippen molar-refractivity contribution in [2.75, 3.05) is 13.1 Å². The lowest BCUT2D eigenvalue weighted by Gasteiger charge is -2.45. The van der Waals surface area contributed by atoms with Crippen molar-refractivity contribution >= 4 is 17.8 Å². The van der Waals surface area contributed by atoms with Gasteiger partial charge in [0.15, 0.2) is 0 Å². The first-order valence-electron chi connectivity index (χ1n) is 8.91. The van der Waals surface area contributed by atoms with Gasteiger partial charge in [0, 0.05) is 30.3 Å². The number of carboxylic acid groups (broad SMARTS) is 1. The molecule has 2 aromatic carbocycles. The number of piperazine rings is 1. The van der Waals surface area contributed by atoms with Crippen LogP contribution in [0.15, 0.2) is 60.7 Å². The first kappa shape index (κ1) is 18.6. The maximum atomic E-state index is 13.0. The van der Waals surface area contributed by atoms with Gasteiger partial charge in [-0.05, 0) is 31.2 Å². The van der Waals surface area contributed by atoms with Crippen molar-refractivity contribution in [3.05, 3.63) is 71.8 Å². The summed E-state index contributed by atoms with van der Waals surface area (Å²) in [7, 11) is 0. The summed E-state index contributed by atoms with van der Waals surface area (Å²) in [5, 5.41) is 9.32. The predicted molar refractivity (Wildman–Crippen MR) is 100 cm³/mol. The molecule has 2 amide bonds. The molecule has 1 fully saturated rings. The molecule has 1 aliphatic heterocycles. The van der Waals surface area contributed by atoms with Gasteiger partial charge in [-0.3, -0.25) is 14.4 Å². The summed E-state index contributed by atoms with van der Waals surface area (Å²) < 4.78 is 0. The monoisotopic (exact) mass is 366 g/mol. The average molecular weight is 366 g/mol. The predicted octanol–water partition coefficient (Wildman–Crippen LogP) is 2.52. The molecule has 6 heteroatoms. The minimum atomic E-state index is -0.993. The van der Waals surface area contributed by atoms with Gasteiger partial charge in [-0.1, -0.05) is 36.4 Å². The largest absolute Gasteiger partial charge is 0.481 e. The molecule has 0 saturated carbocycles. The average Bonchev–Trinajstić information content (AvgIpc) is 2.67. The van der Waals surface area contributed by atoms with Crippen LogP contribution in [0.1, 0.15) is 34.1 Å². The number of hydrogen-bond donors (Lipinski definition) is 1. The molecule has 0 aromatic heterocycles. The molecule has 1 heterocycles. The molecule has 27 heavy (non-hydrogen) atoms. The Bertz CT molecular complexity index is 823. The number of hydrogen-bond acceptors (Lipinski definition) is 3. The highest BCUT2D eigenvalue weighted by molar-refractivity contribution is 5.96. The fourth-order valence-electron chi connectivity index (χ4n) is 3.57. The molecule has 2 aromatic rings. The molecule has 140 valence electrons. The minimum Gasteiger partial charge on any atom is -0.481 e. The number of benzene rings is 2. The molecule has 0 spiro atoms. The van der Waals surface area contributed by atoms with Gasteiger partial charge in [-0.25, -0.2) is 0 Å². The lowest BCUT2D eigenvalue weighted by atomic mass is 10.0. The SMILES string of the molecule is C[C@H]1CN(C(=O)c2ccccc2)C[C@H](CC(=O)O)N1C(=O)c1ccccc1. The topological polar surface area (TPSA) is 77.9 Å². The van der Waals surface area contributed by atoms with E-state index in [1.807, 2.05) is 19.1 Å². The molecular weight excluding hydrogens is 344 g/mol. The molecule has 1 aliphatic rings. The third kappa shape index (κ3) is 4.16. The fraction of sp³-hybridized carbons (Fsp3) is 0.286. The normalized spacial score (nSPS) is 19.6. The second-order valence-corrected chi connectivity index (χ2v) is 6.76. The van der Waals surface area contributed by atoms with E-state index in [0.717, 1.165) is 0 Å². The molecule has 3 rings (SSSR count). The van der Waals surface area contributed by atoms with Crippen molar-refractivity contribution in [2.24, 2.45) is 0 Å². The van der Waals surface area contributed by atoms with Crippen LogP contribution in [-0.2, 0) is 4.79 Å². The van der Waals surface area contributed by atoms with E-state index >= 15 is 0 Å². The van der Waals surface area contributed by atoms with E-state index < -0.39 is 12.0 Å². The number of rotatable bonds is 4. The highest BCUT2D eigenvalue weighted by Gasteiger charge is 2.38. The van der Waals surface area contributed by atoms with Crippen molar-refractivity contribution < 1.29 is 19.5 Å². The summed E-state index contributed by atoms with van der Waals surface area (Å²) >= 11 is 0. The van der Waals surface area contributed by atoms with E-state index in [2.05, 4.69) is 0 Å². The van der Waals surface area contributed by atoms with Crippen LogP contribution in [0.2, 0.25) is 0 Å². The first-order valence-corrected chi connectivity index (χ1v) is 8.91. The van der Waals surface area contributed by atoms with Gasteiger partial charge in [0.1, 0.15) is 0 Å². The van der Waals surface area contributed by atoms with E-state index in [-0.39, 0.29) is 30.8 Å². The highest BCUT2D eigenvalue weighted by Crippen LogP contribution is 2.23. The summed E-state index contributed by atoms with van der Waals surface area (Å²) in [6.45, 7) is 2.41. The standard InChI is InChI=1S/C21H22N2O4/c1-15-13-22(20(26)16-8-4-2-5-9-16)14-18(12-19(24)25)23(15)21(27)17-10-6-3-7-11-17/h2-11,15,18H,12-14H2,1H3,(H,24,25)/t15-,18-/m0/s1. The van der Waals surface area contributed by atoms with Gasteiger partial charge in [0.25, 0.3) is 11.8 Å². The van der Waals surface area contributed by atoms with Crippen LogP contribution in [0.25, 0.3) is 0 Å². The highest BCUT2D eigenvalue weighted by atomic mass is 16.4. The lowest BCUT2D eigenvalue weighted by molar-refractivity contribution is -0.138. The summed E-state index contributed by atoms with van der Waals surface area (Å²) in [5.74, 6) is -1.35. The third-order valence-electron chi connectivity index (χ3n) is 4.76. The Labute approximate surface area is 158 Å². The molecule has 0 bridgehead atoms. The second kappa shape index (κ2) is 8.03. The van der Waals surface area contributed by atoms with Gasteiger partial charge in [0.2, 0.25) is 0 Å². The van der Waals surface area contributed by atoms with E-state index in [9.17, 15) is 19.5 Å². The van der Waals surface area contributed by atoms with Crippen molar-refractivity contribution in [3.63, 3.8) is 0 Å². The van der Waals surface area contributed by atoms with Crippen LogP contribution in [-0.4, -0.2) is 57.9 Å². The summed E-state index contributed by atoms with van der Waals surface area (Å²) in [6, 6.07) is 16.8. The van der Waals surface area contributed by atoms with E-state index in [1.54, 1.807) is 58.3 Å². The zero-order valence-corrected chi connectivity index (χ0v) is 15.1. The molecule has 2 atom stereocenters. The van der Waals surface area contributed by atoms with Gasteiger partial charge in [-0.15, -0.1) is 0 Å². The summed E-state index contributed by atoms with van der Waals surface area (Å²) in [4.78, 5) is 40.4. The van der Waals surface area contributed by atoms with E-state index in [4.69, 9.17) is 0 Å². The second-order valence-electron chi connectivity index (χ2n) is 6.76. The number of carbonyl (C=O) groups excluding carboxylic acids is 2. The molecule has 0 unspecified atom stereocenters. The minimum absolute atomic E-state index is 0.148. The summed E-state index contributed by atoms with van der Waals surface area (Å²) in [6.07, 6.45) is -0.207. The Morgan fingerprint density at radius 1 is 0.889 bits per heavy atom. The molecular formula is C21H22N2O4. The van der Waals surface area contributed by atoms with Gasteiger partial charge >= 0.3 is 5.97 Å². The Balaban J connectivity index is 1.85.